The van der Waals surface area contributed by atoms with Crippen molar-refractivity contribution in [3.8, 4) is 0 Å². The number of hydrogen-bond donors (Lipinski definition) is 1. The van der Waals surface area contributed by atoms with Crippen LogP contribution in [0.3, 0.4) is 0 Å². The van der Waals surface area contributed by atoms with Crippen molar-refractivity contribution < 1.29 is 9.90 Å². The molecule has 0 spiro atoms. The lowest BCUT2D eigenvalue weighted by Gasteiger charge is -2.10. The molecule has 0 amide bonds. The Kier molecular flexibility index (Phi) is 3.14. The molecule has 0 fully saturated rings. The smallest absolute Gasteiger partial charge is 0.259 e. The first-order valence-corrected chi connectivity index (χ1v) is 5.82. The van der Waals surface area contributed by atoms with Crippen LogP contribution in [0.5, 0.6) is 0 Å². The SMILES string of the molecule is C[C@H](Sc1nc2ccccc2c(=O)[nH]1)C(=O)[O-]. The Labute approximate surface area is 101 Å². The Bertz CT molecular complexity index is 623. The van der Waals surface area contributed by atoms with Gasteiger partial charge < -0.3 is 14.9 Å². The molecule has 2 aromatic rings. The van der Waals surface area contributed by atoms with Crippen LogP contribution in [0.1, 0.15) is 6.92 Å². The molecule has 5 nitrogen and oxygen atoms in total. The Morgan fingerprint density at radius 3 is 2.88 bits per heavy atom. The second-order valence-corrected chi connectivity index (χ2v) is 4.80. The second kappa shape index (κ2) is 4.58. The molecule has 1 aromatic carbocycles. The van der Waals surface area contributed by atoms with Gasteiger partial charge in [-0.25, -0.2) is 4.98 Å². The highest BCUT2D eigenvalue weighted by molar-refractivity contribution is 8.00. The number of rotatable bonds is 3. The van der Waals surface area contributed by atoms with Gasteiger partial charge in [-0.05, 0) is 19.1 Å². The van der Waals surface area contributed by atoms with E-state index in [-0.39, 0.29) is 10.7 Å². The van der Waals surface area contributed by atoms with Gasteiger partial charge in [0.1, 0.15) is 0 Å². The number of aromatic nitrogens is 2. The fourth-order valence-electron chi connectivity index (χ4n) is 1.34. The molecule has 1 heterocycles. The number of carboxylic acids is 1. The topological polar surface area (TPSA) is 85.9 Å². The summed E-state index contributed by atoms with van der Waals surface area (Å²) < 4.78 is 0. The molecular formula is C11H9N2O3S-. The molecule has 0 saturated heterocycles. The van der Waals surface area contributed by atoms with Crippen molar-refractivity contribution in [1.29, 1.82) is 0 Å². The maximum absolute atomic E-state index is 11.7. The molecule has 0 bridgehead atoms. The second-order valence-electron chi connectivity index (χ2n) is 3.47. The zero-order valence-corrected chi connectivity index (χ0v) is 9.78. The number of carboxylic acid groups (broad SMARTS) is 1. The van der Waals surface area contributed by atoms with E-state index in [9.17, 15) is 14.7 Å². The van der Waals surface area contributed by atoms with Crippen molar-refractivity contribution in [2.45, 2.75) is 17.3 Å². The van der Waals surface area contributed by atoms with E-state index in [4.69, 9.17) is 0 Å². The Hall–Kier alpha value is -1.82. The van der Waals surface area contributed by atoms with Crippen molar-refractivity contribution >= 4 is 28.6 Å². The molecule has 88 valence electrons. The molecule has 0 aliphatic heterocycles. The minimum atomic E-state index is -1.19. The summed E-state index contributed by atoms with van der Waals surface area (Å²) in [6, 6.07) is 6.89. The molecule has 0 saturated carbocycles. The zero-order chi connectivity index (χ0) is 12.4. The minimum absolute atomic E-state index is 0.274. The highest BCUT2D eigenvalue weighted by Crippen LogP contribution is 2.19. The fraction of sp³-hybridized carbons (Fsp3) is 0.182. The van der Waals surface area contributed by atoms with Crippen molar-refractivity contribution in [2.75, 3.05) is 0 Å². The monoisotopic (exact) mass is 249 g/mol. The van der Waals surface area contributed by atoms with Crippen LogP contribution in [0.25, 0.3) is 10.9 Å². The van der Waals surface area contributed by atoms with E-state index < -0.39 is 11.2 Å². The molecule has 1 N–H and O–H groups in total. The lowest BCUT2D eigenvalue weighted by atomic mass is 10.2. The number of aliphatic carboxylic acids is 1. The third kappa shape index (κ3) is 2.47. The van der Waals surface area contributed by atoms with Crippen LogP contribution in [-0.2, 0) is 4.79 Å². The van der Waals surface area contributed by atoms with Crippen molar-refractivity contribution in [3.63, 3.8) is 0 Å². The summed E-state index contributed by atoms with van der Waals surface area (Å²) in [5.41, 5.74) is 0.271. The maximum Gasteiger partial charge on any atom is 0.259 e. The Balaban J connectivity index is 2.44. The molecular weight excluding hydrogens is 240 g/mol. The van der Waals surface area contributed by atoms with Gasteiger partial charge in [-0.1, -0.05) is 23.9 Å². The van der Waals surface area contributed by atoms with Gasteiger partial charge in [-0.2, -0.15) is 0 Å². The van der Waals surface area contributed by atoms with Crippen LogP contribution in [0.4, 0.5) is 0 Å². The van der Waals surface area contributed by atoms with Crippen LogP contribution >= 0.6 is 11.8 Å². The van der Waals surface area contributed by atoms with Crippen molar-refractivity contribution in [3.05, 3.63) is 34.6 Å². The zero-order valence-electron chi connectivity index (χ0n) is 8.97. The van der Waals surface area contributed by atoms with E-state index in [0.717, 1.165) is 11.8 Å². The minimum Gasteiger partial charge on any atom is -0.549 e. The summed E-state index contributed by atoms with van der Waals surface area (Å²) in [7, 11) is 0. The van der Waals surface area contributed by atoms with E-state index in [0.29, 0.717) is 10.9 Å². The van der Waals surface area contributed by atoms with Gasteiger partial charge in [0.05, 0.1) is 16.9 Å². The van der Waals surface area contributed by atoms with Gasteiger partial charge >= 0.3 is 0 Å². The quantitative estimate of drug-likeness (QED) is 0.618. The summed E-state index contributed by atoms with van der Waals surface area (Å²) in [6.45, 7) is 1.48. The van der Waals surface area contributed by atoms with Crippen LogP contribution in [0, 0.1) is 0 Å². The van der Waals surface area contributed by atoms with Crippen LogP contribution in [-0.4, -0.2) is 21.2 Å². The number of carbonyl (C=O) groups excluding carboxylic acids is 1. The lowest BCUT2D eigenvalue weighted by molar-refractivity contribution is -0.304. The molecule has 2 rings (SSSR count). The molecule has 0 aliphatic rings. The van der Waals surface area contributed by atoms with E-state index >= 15 is 0 Å². The normalized spacial score (nSPS) is 12.5. The first kappa shape index (κ1) is 11.7. The molecule has 6 heteroatoms. The number of aromatic amines is 1. The predicted octanol–water partition coefficient (Wildman–Crippen LogP) is 0.154. The molecule has 0 aliphatic carbocycles. The van der Waals surface area contributed by atoms with Crippen LogP contribution in [0.2, 0.25) is 0 Å². The molecule has 0 unspecified atom stereocenters. The largest absolute Gasteiger partial charge is 0.549 e. The van der Waals surface area contributed by atoms with Gasteiger partial charge in [-0.3, -0.25) is 4.79 Å². The van der Waals surface area contributed by atoms with Crippen molar-refractivity contribution in [2.24, 2.45) is 0 Å². The molecule has 1 atom stereocenters. The number of H-pyrrole nitrogens is 1. The number of nitrogens with one attached hydrogen (secondary N) is 1. The average molecular weight is 249 g/mol. The van der Waals surface area contributed by atoms with E-state index in [1.165, 1.54) is 6.92 Å². The summed E-state index contributed by atoms with van der Waals surface area (Å²) in [4.78, 5) is 29.0. The molecule has 0 radical (unpaired) electrons. The fourth-order valence-corrected chi connectivity index (χ4v) is 2.07. The first-order chi connectivity index (χ1) is 8.08. The standard InChI is InChI=1S/C11H10N2O3S/c1-6(10(15)16)17-11-12-8-5-3-2-4-7(8)9(14)13-11/h2-6H,1H3,(H,15,16)(H,12,13,14)/p-1/t6-/m0/s1. The predicted molar refractivity (Wildman–Crippen MR) is 62.7 cm³/mol. The Morgan fingerprint density at radius 2 is 2.18 bits per heavy atom. The van der Waals surface area contributed by atoms with E-state index in [1.54, 1.807) is 24.3 Å². The van der Waals surface area contributed by atoms with Gasteiger partial charge in [0, 0.05) is 5.25 Å². The Morgan fingerprint density at radius 1 is 1.47 bits per heavy atom. The number of benzene rings is 1. The first-order valence-electron chi connectivity index (χ1n) is 4.94. The van der Waals surface area contributed by atoms with E-state index in [1.807, 2.05) is 0 Å². The number of fused-ring (bicyclic) bond motifs is 1. The average Bonchev–Trinajstić information content (AvgIpc) is 2.29. The van der Waals surface area contributed by atoms with Crippen LogP contribution in [0.15, 0.2) is 34.2 Å². The number of hydrogen-bond acceptors (Lipinski definition) is 5. The number of carbonyl (C=O) groups is 1. The number of nitrogens with zero attached hydrogens (tertiary/aromatic N) is 1. The van der Waals surface area contributed by atoms with Gasteiger partial charge in [0.2, 0.25) is 0 Å². The molecule has 17 heavy (non-hydrogen) atoms. The number of para-hydroxylation sites is 1. The molecule has 1 aromatic heterocycles. The number of thioether (sulfide) groups is 1. The summed E-state index contributed by atoms with van der Waals surface area (Å²) in [5.74, 6) is -1.19. The maximum atomic E-state index is 11.7. The van der Waals surface area contributed by atoms with Gasteiger partial charge in [0.15, 0.2) is 5.16 Å². The third-order valence-electron chi connectivity index (χ3n) is 2.21. The van der Waals surface area contributed by atoms with Gasteiger partial charge in [-0.15, -0.1) is 0 Å². The summed E-state index contributed by atoms with van der Waals surface area (Å²) in [6.07, 6.45) is 0. The highest BCUT2D eigenvalue weighted by Gasteiger charge is 2.09. The lowest BCUT2D eigenvalue weighted by Crippen LogP contribution is -2.31. The van der Waals surface area contributed by atoms with Gasteiger partial charge in [0.25, 0.3) is 5.56 Å². The van der Waals surface area contributed by atoms with E-state index in [2.05, 4.69) is 9.97 Å². The summed E-state index contributed by atoms with van der Waals surface area (Å²) in [5, 5.41) is 10.6. The third-order valence-corrected chi connectivity index (χ3v) is 3.17. The van der Waals surface area contributed by atoms with Crippen LogP contribution < -0.4 is 10.7 Å². The highest BCUT2D eigenvalue weighted by atomic mass is 32.2. The summed E-state index contributed by atoms with van der Waals surface area (Å²) >= 11 is 0.952. The van der Waals surface area contributed by atoms with Crippen molar-refractivity contribution in [1.82, 2.24) is 9.97 Å².